The maximum atomic E-state index is 10.6. The second-order valence-corrected chi connectivity index (χ2v) is 7.03. The van der Waals surface area contributed by atoms with Crippen molar-refractivity contribution in [3.05, 3.63) is 24.3 Å². The lowest BCUT2D eigenvalue weighted by Gasteiger charge is -2.14. The van der Waals surface area contributed by atoms with Crippen LogP contribution in [0.5, 0.6) is 0 Å². The molecule has 3 atom stereocenters. The molecule has 0 aromatic rings. The Morgan fingerprint density at radius 2 is 1.91 bits per heavy atom. The fraction of sp³-hybridized carbons (Fsp3) is 0.762. The van der Waals surface area contributed by atoms with Gasteiger partial charge in [0.05, 0.1) is 0 Å². The normalized spacial score (nSPS) is 23.5. The zero-order chi connectivity index (χ0) is 16.0. The molecule has 0 bridgehead atoms. The number of carbonyl (C=O) groups excluding carboxylic acids is 1. The molecule has 1 rings (SSSR count). The van der Waals surface area contributed by atoms with E-state index in [1.54, 1.807) is 0 Å². The quantitative estimate of drug-likeness (QED) is 0.229. The molecule has 1 saturated carbocycles. The van der Waals surface area contributed by atoms with E-state index in [1.807, 2.05) is 6.92 Å². The smallest absolute Gasteiger partial charge is 0.122 e. The van der Waals surface area contributed by atoms with Gasteiger partial charge in [-0.05, 0) is 56.8 Å². The van der Waals surface area contributed by atoms with Gasteiger partial charge in [0.25, 0.3) is 0 Å². The minimum atomic E-state index is 0.208. The zero-order valence-corrected chi connectivity index (χ0v) is 14.8. The molecule has 0 saturated heterocycles. The molecule has 1 nitrogen and oxygen atoms in total. The molecular formula is C21H36O. The van der Waals surface area contributed by atoms with Crippen molar-refractivity contribution < 1.29 is 4.79 Å². The lowest BCUT2D eigenvalue weighted by Crippen LogP contribution is -2.03. The summed E-state index contributed by atoms with van der Waals surface area (Å²) in [5.41, 5.74) is 0. The van der Waals surface area contributed by atoms with Gasteiger partial charge in [0.2, 0.25) is 0 Å². The molecular weight excluding hydrogens is 268 g/mol. The fourth-order valence-corrected chi connectivity index (χ4v) is 3.39. The number of aldehydes is 1. The SMILES string of the molecule is CCCCCC/C=C/[C@H]1CCC[C@@H]1C/C=C\CCC(C)C=O. The van der Waals surface area contributed by atoms with Crippen molar-refractivity contribution >= 4 is 6.29 Å². The Bertz CT molecular complexity index is 329. The van der Waals surface area contributed by atoms with Crippen molar-refractivity contribution in [3.8, 4) is 0 Å². The summed E-state index contributed by atoms with van der Waals surface area (Å²) in [7, 11) is 0. The van der Waals surface area contributed by atoms with E-state index in [4.69, 9.17) is 0 Å². The molecule has 0 heterocycles. The van der Waals surface area contributed by atoms with E-state index in [9.17, 15) is 4.79 Å². The first kappa shape index (κ1) is 19.2. The molecule has 0 radical (unpaired) electrons. The highest BCUT2D eigenvalue weighted by Gasteiger charge is 2.23. The maximum Gasteiger partial charge on any atom is 0.122 e. The molecule has 22 heavy (non-hydrogen) atoms. The van der Waals surface area contributed by atoms with Gasteiger partial charge in [-0.1, -0.05) is 63.8 Å². The van der Waals surface area contributed by atoms with Gasteiger partial charge in [-0.2, -0.15) is 0 Å². The third kappa shape index (κ3) is 8.56. The van der Waals surface area contributed by atoms with Crippen LogP contribution in [-0.2, 0) is 4.79 Å². The van der Waals surface area contributed by atoms with Crippen molar-refractivity contribution in [2.45, 2.75) is 84.5 Å². The first-order chi connectivity index (χ1) is 10.8. The van der Waals surface area contributed by atoms with E-state index >= 15 is 0 Å². The zero-order valence-electron chi connectivity index (χ0n) is 14.8. The maximum absolute atomic E-state index is 10.6. The third-order valence-corrected chi connectivity index (χ3v) is 4.95. The van der Waals surface area contributed by atoms with Gasteiger partial charge in [0, 0.05) is 5.92 Å². The van der Waals surface area contributed by atoms with Gasteiger partial charge in [-0.3, -0.25) is 0 Å². The Labute approximate surface area is 138 Å². The summed E-state index contributed by atoms with van der Waals surface area (Å²) in [6.45, 7) is 4.27. The van der Waals surface area contributed by atoms with E-state index in [2.05, 4.69) is 31.2 Å². The van der Waals surface area contributed by atoms with Gasteiger partial charge in [0.15, 0.2) is 0 Å². The van der Waals surface area contributed by atoms with Crippen LogP contribution in [0.4, 0.5) is 0 Å². The summed E-state index contributed by atoms with van der Waals surface area (Å²) in [5.74, 6) is 1.87. The van der Waals surface area contributed by atoms with E-state index in [0.717, 1.165) is 31.0 Å². The Morgan fingerprint density at radius 1 is 1.05 bits per heavy atom. The Hall–Kier alpha value is -0.850. The van der Waals surface area contributed by atoms with Crippen LogP contribution in [0.15, 0.2) is 24.3 Å². The first-order valence-electron chi connectivity index (χ1n) is 9.54. The minimum Gasteiger partial charge on any atom is -0.303 e. The molecule has 0 aromatic carbocycles. The van der Waals surface area contributed by atoms with Crippen LogP contribution in [0.25, 0.3) is 0 Å². The molecule has 0 N–H and O–H groups in total. The number of carbonyl (C=O) groups is 1. The van der Waals surface area contributed by atoms with Crippen molar-refractivity contribution in [3.63, 3.8) is 0 Å². The van der Waals surface area contributed by atoms with E-state index in [-0.39, 0.29) is 5.92 Å². The van der Waals surface area contributed by atoms with E-state index < -0.39 is 0 Å². The number of allylic oxidation sites excluding steroid dienone is 4. The van der Waals surface area contributed by atoms with Gasteiger partial charge in [0.1, 0.15) is 6.29 Å². The molecule has 126 valence electrons. The van der Waals surface area contributed by atoms with Crippen LogP contribution in [0, 0.1) is 17.8 Å². The molecule has 0 aromatic heterocycles. The summed E-state index contributed by atoms with van der Waals surface area (Å²) in [6.07, 6.45) is 24.8. The average molecular weight is 305 g/mol. The Balaban J connectivity index is 2.18. The Kier molecular flexibility index (Phi) is 11.1. The minimum absolute atomic E-state index is 0.208. The molecule has 0 spiro atoms. The van der Waals surface area contributed by atoms with Crippen molar-refractivity contribution in [2.75, 3.05) is 0 Å². The summed E-state index contributed by atoms with van der Waals surface area (Å²) in [5, 5.41) is 0. The van der Waals surface area contributed by atoms with E-state index in [1.165, 1.54) is 57.8 Å². The monoisotopic (exact) mass is 304 g/mol. The topological polar surface area (TPSA) is 17.1 Å². The second-order valence-electron chi connectivity index (χ2n) is 7.03. The molecule has 1 unspecified atom stereocenters. The molecule has 0 amide bonds. The highest BCUT2D eigenvalue weighted by molar-refractivity contribution is 5.52. The van der Waals surface area contributed by atoms with Gasteiger partial charge in [-0.25, -0.2) is 0 Å². The summed E-state index contributed by atoms with van der Waals surface area (Å²) >= 11 is 0. The van der Waals surface area contributed by atoms with E-state index in [0.29, 0.717) is 0 Å². The van der Waals surface area contributed by atoms with Crippen molar-refractivity contribution in [2.24, 2.45) is 17.8 Å². The largest absolute Gasteiger partial charge is 0.303 e. The summed E-state index contributed by atoms with van der Waals surface area (Å²) in [6, 6.07) is 0. The molecule has 1 fully saturated rings. The van der Waals surface area contributed by atoms with Gasteiger partial charge >= 0.3 is 0 Å². The van der Waals surface area contributed by atoms with Crippen molar-refractivity contribution in [1.82, 2.24) is 0 Å². The van der Waals surface area contributed by atoms with Crippen molar-refractivity contribution in [1.29, 1.82) is 0 Å². The molecule has 0 aliphatic heterocycles. The molecule has 1 aliphatic carbocycles. The van der Waals surface area contributed by atoms with Crippen LogP contribution in [0.3, 0.4) is 0 Å². The van der Waals surface area contributed by atoms with Crippen LogP contribution in [-0.4, -0.2) is 6.29 Å². The number of hydrogen-bond acceptors (Lipinski definition) is 1. The number of rotatable bonds is 12. The number of hydrogen-bond donors (Lipinski definition) is 0. The highest BCUT2D eigenvalue weighted by atomic mass is 16.1. The second kappa shape index (κ2) is 12.7. The summed E-state index contributed by atoms with van der Waals surface area (Å²) < 4.78 is 0. The lowest BCUT2D eigenvalue weighted by molar-refractivity contribution is -0.110. The standard InChI is InChI=1S/C21H36O/c1-3-4-5-6-7-10-14-20-16-12-17-21(20)15-11-8-9-13-19(2)18-22/h8,10-11,14,18-21H,3-7,9,12-13,15-17H2,1-2H3/b11-8-,14-10+/t19?,20-,21-/m0/s1. The fourth-order valence-electron chi connectivity index (χ4n) is 3.39. The Morgan fingerprint density at radius 3 is 2.68 bits per heavy atom. The van der Waals surface area contributed by atoms with Gasteiger partial charge in [-0.15, -0.1) is 0 Å². The first-order valence-corrected chi connectivity index (χ1v) is 9.54. The third-order valence-electron chi connectivity index (χ3n) is 4.95. The predicted molar refractivity (Wildman–Crippen MR) is 96.9 cm³/mol. The predicted octanol–water partition coefficient (Wildman–Crippen LogP) is 6.49. The average Bonchev–Trinajstić information content (AvgIpc) is 2.97. The van der Waals surface area contributed by atoms with Crippen LogP contribution < -0.4 is 0 Å². The van der Waals surface area contributed by atoms with Crippen LogP contribution in [0.2, 0.25) is 0 Å². The summed E-state index contributed by atoms with van der Waals surface area (Å²) in [4.78, 5) is 10.6. The van der Waals surface area contributed by atoms with Crippen LogP contribution >= 0.6 is 0 Å². The highest BCUT2D eigenvalue weighted by Crippen LogP contribution is 2.35. The molecule has 1 aliphatic rings. The number of unbranched alkanes of at least 4 members (excludes halogenated alkanes) is 4. The lowest BCUT2D eigenvalue weighted by atomic mass is 9.92. The van der Waals surface area contributed by atoms with Gasteiger partial charge < -0.3 is 4.79 Å². The van der Waals surface area contributed by atoms with Crippen LogP contribution in [0.1, 0.15) is 84.5 Å². The molecule has 1 heteroatoms.